The van der Waals surface area contributed by atoms with Crippen LogP contribution in [0.1, 0.15) is 16.1 Å². The third-order valence-electron chi connectivity index (χ3n) is 3.54. The minimum atomic E-state index is -4.36. The van der Waals surface area contributed by atoms with E-state index < -0.39 is 11.4 Å². The summed E-state index contributed by atoms with van der Waals surface area (Å²) in [7, 11) is 1.73. The zero-order valence-electron chi connectivity index (χ0n) is 14.8. The van der Waals surface area contributed by atoms with Crippen LogP contribution < -0.4 is 16.8 Å². The lowest BCUT2D eigenvalue weighted by Gasteiger charge is -2.19. The molecule has 7 nitrogen and oxygen atoms in total. The van der Waals surface area contributed by atoms with Gasteiger partial charge in [-0.2, -0.15) is 13.2 Å². The highest BCUT2D eigenvalue weighted by atomic mass is 35.5. The van der Waals surface area contributed by atoms with Gasteiger partial charge >= 0.3 is 5.51 Å². The summed E-state index contributed by atoms with van der Waals surface area (Å²) in [5, 5.41) is 2.48. The maximum Gasteiger partial charge on any atom is 0.446 e. The lowest BCUT2D eigenvalue weighted by molar-refractivity contribution is -0.0328. The van der Waals surface area contributed by atoms with E-state index in [9.17, 15) is 18.0 Å². The number of hydrogen-bond donors (Lipinski definition) is 3. The number of hydrogen-bond acceptors (Lipinski definition) is 7. The number of nitrogens with one attached hydrogen (secondary N) is 1. The summed E-state index contributed by atoms with van der Waals surface area (Å²) < 4.78 is 38.0. The summed E-state index contributed by atoms with van der Waals surface area (Å²) in [6, 6.07) is 6.30. The molecule has 0 atom stereocenters. The fraction of sp³-hybridized carbons (Fsp3) is 0.312. The monoisotopic (exact) mass is 434 g/mol. The third kappa shape index (κ3) is 6.43. The minimum Gasteiger partial charge on any atom is -0.382 e. The average molecular weight is 435 g/mol. The Morgan fingerprint density at radius 3 is 2.61 bits per heavy atom. The molecule has 0 fully saturated rings. The lowest BCUT2D eigenvalue weighted by Crippen LogP contribution is -2.33. The molecular formula is C16H18ClF3N6OS. The standard InChI is InChI=1S/C16H18ClF3N6OS/c1-26(8-9-4-2-3-5-10(9)28-16(18,19)20)7-6-23-15(27)11-13(21)25-14(22)12(17)24-11/h2-5H,6-8H2,1H3,(H,23,27)(H4,21,22,25). The van der Waals surface area contributed by atoms with Crippen LogP contribution in [0.25, 0.3) is 0 Å². The van der Waals surface area contributed by atoms with Crippen LogP contribution in [0, 0.1) is 0 Å². The molecule has 1 heterocycles. The number of likely N-dealkylation sites (N-methyl/N-ethyl adjacent to an activating group) is 1. The van der Waals surface area contributed by atoms with Gasteiger partial charge in [-0.3, -0.25) is 4.79 Å². The molecule has 1 aromatic heterocycles. The molecule has 0 radical (unpaired) electrons. The molecule has 0 aliphatic rings. The van der Waals surface area contributed by atoms with Crippen LogP contribution in [-0.2, 0) is 6.54 Å². The highest BCUT2D eigenvalue weighted by Gasteiger charge is 2.30. The Balaban J connectivity index is 1.91. The second-order valence-electron chi connectivity index (χ2n) is 5.78. The number of anilines is 2. The van der Waals surface area contributed by atoms with E-state index in [-0.39, 0.29) is 52.2 Å². The molecular weight excluding hydrogens is 417 g/mol. The normalized spacial score (nSPS) is 11.6. The van der Waals surface area contributed by atoms with Crippen LogP contribution in [0.5, 0.6) is 0 Å². The van der Waals surface area contributed by atoms with Crippen molar-refractivity contribution in [2.45, 2.75) is 16.9 Å². The predicted octanol–water partition coefficient (Wildman–Crippen LogP) is 2.77. The van der Waals surface area contributed by atoms with E-state index in [1.165, 1.54) is 6.07 Å². The molecule has 152 valence electrons. The average Bonchev–Trinajstić information content (AvgIpc) is 2.58. The molecule has 28 heavy (non-hydrogen) atoms. The van der Waals surface area contributed by atoms with Crippen molar-refractivity contribution >= 4 is 40.9 Å². The van der Waals surface area contributed by atoms with E-state index in [1.807, 2.05) is 0 Å². The largest absolute Gasteiger partial charge is 0.446 e. The highest BCUT2D eigenvalue weighted by molar-refractivity contribution is 8.00. The smallest absolute Gasteiger partial charge is 0.382 e. The van der Waals surface area contributed by atoms with Crippen molar-refractivity contribution in [3.05, 3.63) is 40.7 Å². The summed E-state index contributed by atoms with van der Waals surface area (Å²) in [5.41, 5.74) is 7.11. The van der Waals surface area contributed by atoms with Crippen LogP contribution in [0.2, 0.25) is 5.15 Å². The van der Waals surface area contributed by atoms with Gasteiger partial charge in [-0.25, -0.2) is 9.97 Å². The zero-order chi connectivity index (χ0) is 20.9. The molecule has 2 rings (SSSR count). The molecule has 0 unspecified atom stereocenters. The summed E-state index contributed by atoms with van der Waals surface area (Å²) in [4.78, 5) is 21.6. The minimum absolute atomic E-state index is 0.0779. The van der Waals surface area contributed by atoms with E-state index in [1.54, 1.807) is 30.1 Å². The second kappa shape index (κ2) is 9.30. The van der Waals surface area contributed by atoms with E-state index >= 15 is 0 Å². The molecule has 1 amide bonds. The van der Waals surface area contributed by atoms with Gasteiger partial charge in [0.1, 0.15) is 0 Å². The van der Waals surface area contributed by atoms with Gasteiger partial charge < -0.3 is 21.7 Å². The number of nitrogen functional groups attached to an aromatic ring is 2. The van der Waals surface area contributed by atoms with Gasteiger partial charge in [0.15, 0.2) is 22.5 Å². The van der Waals surface area contributed by atoms with Crippen molar-refractivity contribution in [3.63, 3.8) is 0 Å². The van der Waals surface area contributed by atoms with Gasteiger partial charge in [0, 0.05) is 24.5 Å². The molecule has 0 spiro atoms. The van der Waals surface area contributed by atoms with Crippen molar-refractivity contribution in [3.8, 4) is 0 Å². The Morgan fingerprint density at radius 1 is 1.25 bits per heavy atom. The number of halogens is 4. The van der Waals surface area contributed by atoms with E-state index in [0.29, 0.717) is 12.1 Å². The Bertz CT molecular complexity index is 852. The summed E-state index contributed by atoms with van der Waals surface area (Å²) in [6.45, 7) is 0.880. The number of aromatic nitrogens is 2. The number of benzene rings is 1. The quantitative estimate of drug-likeness (QED) is 0.574. The molecule has 12 heteroatoms. The lowest BCUT2D eigenvalue weighted by atomic mass is 10.2. The maximum atomic E-state index is 12.7. The highest BCUT2D eigenvalue weighted by Crippen LogP contribution is 2.38. The number of rotatable bonds is 7. The van der Waals surface area contributed by atoms with Crippen molar-refractivity contribution in [2.75, 3.05) is 31.6 Å². The fourth-order valence-electron chi connectivity index (χ4n) is 2.28. The van der Waals surface area contributed by atoms with Gasteiger partial charge in [0.05, 0.1) is 0 Å². The Kier molecular flexibility index (Phi) is 7.33. The van der Waals surface area contributed by atoms with E-state index in [0.717, 1.165) is 0 Å². The van der Waals surface area contributed by atoms with Crippen molar-refractivity contribution in [1.29, 1.82) is 0 Å². The van der Waals surface area contributed by atoms with Crippen molar-refractivity contribution < 1.29 is 18.0 Å². The first kappa shape index (κ1) is 22.1. The van der Waals surface area contributed by atoms with E-state index in [2.05, 4.69) is 15.3 Å². The van der Waals surface area contributed by atoms with E-state index in [4.69, 9.17) is 23.1 Å². The predicted molar refractivity (Wildman–Crippen MR) is 103 cm³/mol. The van der Waals surface area contributed by atoms with Crippen LogP contribution in [0.15, 0.2) is 29.2 Å². The second-order valence-corrected chi connectivity index (χ2v) is 7.25. The van der Waals surface area contributed by atoms with Crippen LogP contribution >= 0.6 is 23.4 Å². The van der Waals surface area contributed by atoms with Gasteiger partial charge in [-0.1, -0.05) is 29.8 Å². The first-order valence-corrected chi connectivity index (χ1v) is 9.15. The molecule has 0 aliphatic heterocycles. The number of nitrogens with zero attached hydrogens (tertiary/aromatic N) is 3. The Labute approximate surface area is 168 Å². The number of nitrogens with two attached hydrogens (primary N) is 2. The first-order valence-electron chi connectivity index (χ1n) is 7.95. The molecule has 2 aromatic rings. The number of carbonyl (C=O) groups excluding carboxylic acids is 1. The SMILES string of the molecule is CN(CCNC(=O)c1nc(Cl)c(N)nc1N)Cc1ccccc1SC(F)(F)F. The van der Waals surface area contributed by atoms with Crippen LogP contribution in [-0.4, -0.2) is 46.4 Å². The summed E-state index contributed by atoms with van der Waals surface area (Å²) in [5.74, 6) is -0.801. The Hall–Kier alpha value is -2.24. The molecule has 0 aliphatic carbocycles. The van der Waals surface area contributed by atoms with Gasteiger partial charge in [0.25, 0.3) is 5.91 Å². The topological polar surface area (TPSA) is 110 Å². The van der Waals surface area contributed by atoms with Crippen molar-refractivity contribution in [2.24, 2.45) is 0 Å². The molecule has 0 saturated heterocycles. The first-order chi connectivity index (χ1) is 13.1. The molecule has 5 N–H and O–H groups in total. The molecule has 0 saturated carbocycles. The third-order valence-corrected chi connectivity index (χ3v) is 4.67. The zero-order valence-corrected chi connectivity index (χ0v) is 16.3. The van der Waals surface area contributed by atoms with Crippen LogP contribution in [0.3, 0.4) is 0 Å². The van der Waals surface area contributed by atoms with Gasteiger partial charge in [-0.15, -0.1) is 0 Å². The maximum absolute atomic E-state index is 12.7. The van der Waals surface area contributed by atoms with Gasteiger partial charge in [0.2, 0.25) is 0 Å². The molecule has 1 aromatic carbocycles. The Morgan fingerprint density at radius 2 is 1.93 bits per heavy atom. The number of carbonyl (C=O) groups is 1. The number of amides is 1. The summed E-state index contributed by atoms with van der Waals surface area (Å²) in [6.07, 6.45) is 0. The fourth-order valence-corrected chi connectivity index (χ4v) is 3.07. The summed E-state index contributed by atoms with van der Waals surface area (Å²) >= 11 is 5.59. The van der Waals surface area contributed by atoms with Gasteiger partial charge in [-0.05, 0) is 30.4 Å². The number of alkyl halides is 3. The number of thioether (sulfide) groups is 1. The van der Waals surface area contributed by atoms with Crippen LogP contribution in [0.4, 0.5) is 24.8 Å². The molecule has 0 bridgehead atoms. The van der Waals surface area contributed by atoms with Crippen molar-refractivity contribution in [1.82, 2.24) is 20.2 Å².